The second kappa shape index (κ2) is 14.7. The number of anilines is 2. The van der Waals surface area contributed by atoms with Crippen LogP contribution in [0.4, 0.5) is 24.5 Å². The zero-order valence-corrected chi connectivity index (χ0v) is 26.6. The number of nitrogens with one attached hydrogen (secondary N) is 1. The second-order valence-corrected chi connectivity index (χ2v) is 12.0. The molecule has 246 valence electrons. The lowest BCUT2D eigenvalue weighted by Gasteiger charge is -2.41. The average molecular weight is 651 g/mol. The number of piperidine rings is 1. The molecule has 10 heteroatoms. The van der Waals surface area contributed by atoms with E-state index in [1.165, 1.54) is 23.8 Å². The molecule has 0 spiro atoms. The molecule has 1 unspecified atom stereocenters. The van der Waals surface area contributed by atoms with Crippen LogP contribution in [-0.2, 0) is 17.5 Å². The highest BCUT2D eigenvalue weighted by molar-refractivity contribution is 5.92. The molecule has 3 aromatic carbocycles. The van der Waals surface area contributed by atoms with Crippen molar-refractivity contribution in [2.75, 3.05) is 25.0 Å². The number of likely N-dealkylation sites (tertiary alicyclic amines) is 1. The van der Waals surface area contributed by atoms with Gasteiger partial charge in [0.2, 0.25) is 5.91 Å². The molecule has 1 amide bonds. The standard InChI is InChI=1S/C38H37F3N6O/c1-45(34-17-21-42-22-18-34)33-14-9-29(10-15-33)27-47(36(48)16-11-28-7-12-32(13-8-28)38(39,40)41)35-19-23-46(24-20-35)37(31-25-43-44-26-31)30-5-3-2-4-6-30/h2-18,21-22,25-26,35,37H,19-20,23-24,27H2,1H3,(H,43,44)/b16-11+. The van der Waals surface area contributed by atoms with Gasteiger partial charge < -0.3 is 9.80 Å². The summed E-state index contributed by atoms with van der Waals surface area (Å²) in [5.41, 5.74) is 5.08. The van der Waals surface area contributed by atoms with Crippen molar-refractivity contribution in [3.05, 3.63) is 150 Å². The van der Waals surface area contributed by atoms with Gasteiger partial charge in [0.1, 0.15) is 0 Å². The van der Waals surface area contributed by atoms with Gasteiger partial charge in [-0.2, -0.15) is 18.3 Å². The first-order valence-electron chi connectivity index (χ1n) is 15.9. The Bertz CT molecular complexity index is 1770. The third-order valence-corrected chi connectivity index (χ3v) is 8.92. The Morgan fingerprint density at radius 1 is 0.917 bits per heavy atom. The number of aromatic amines is 1. The molecule has 0 saturated carbocycles. The first kappa shape index (κ1) is 32.7. The lowest BCUT2D eigenvalue weighted by Crippen LogP contribution is -2.47. The number of H-pyrrole nitrogens is 1. The third kappa shape index (κ3) is 7.83. The lowest BCUT2D eigenvalue weighted by molar-refractivity contribution is -0.137. The van der Waals surface area contributed by atoms with Crippen molar-refractivity contribution in [3.8, 4) is 0 Å². The fraction of sp³-hybridized carbons (Fsp3) is 0.237. The first-order chi connectivity index (χ1) is 23.3. The van der Waals surface area contributed by atoms with E-state index in [0.717, 1.165) is 60.6 Å². The van der Waals surface area contributed by atoms with Crippen molar-refractivity contribution in [1.29, 1.82) is 0 Å². The smallest absolute Gasteiger partial charge is 0.345 e. The zero-order chi connectivity index (χ0) is 33.5. The van der Waals surface area contributed by atoms with Gasteiger partial charge in [-0.15, -0.1) is 0 Å². The van der Waals surface area contributed by atoms with E-state index in [-0.39, 0.29) is 18.0 Å². The Morgan fingerprint density at radius 3 is 2.21 bits per heavy atom. The van der Waals surface area contributed by atoms with Gasteiger partial charge in [0.05, 0.1) is 17.8 Å². The summed E-state index contributed by atoms with van der Waals surface area (Å²) < 4.78 is 39.2. The minimum Gasteiger partial charge on any atom is -0.345 e. The van der Waals surface area contributed by atoms with Gasteiger partial charge in [0, 0.05) is 74.3 Å². The number of pyridine rings is 1. The maximum Gasteiger partial charge on any atom is 0.416 e. The molecule has 6 rings (SSSR count). The van der Waals surface area contributed by atoms with E-state index in [9.17, 15) is 18.0 Å². The molecule has 48 heavy (non-hydrogen) atoms. The molecule has 1 aliphatic heterocycles. The normalized spacial score (nSPS) is 15.0. The van der Waals surface area contributed by atoms with Crippen molar-refractivity contribution >= 4 is 23.4 Å². The Hall–Kier alpha value is -5.22. The molecule has 0 aliphatic carbocycles. The Balaban J connectivity index is 1.21. The summed E-state index contributed by atoms with van der Waals surface area (Å²) >= 11 is 0. The topological polar surface area (TPSA) is 68.4 Å². The van der Waals surface area contributed by atoms with E-state index >= 15 is 0 Å². The van der Waals surface area contributed by atoms with Crippen molar-refractivity contribution in [3.63, 3.8) is 0 Å². The maximum atomic E-state index is 13.8. The summed E-state index contributed by atoms with van der Waals surface area (Å²) in [5.74, 6) is -0.180. The van der Waals surface area contributed by atoms with Crippen molar-refractivity contribution in [2.24, 2.45) is 0 Å². The van der Waals surface area contributed by atoms with Gasteiger partial charge in [-0.1, -0.05) is 54.6 Å². The van der Waals surface area contributed by atoms with Crippen LogP contribution in [0.1, 0.15) is 46.7 Å². The van der Waals surface area contributed by atoms with Crippen molar-refractivity contribution < 1.29 is 18.0 Å². The Kier molecular flexibility index (Phi) is 10.0. The maximum absolute atomic E-state index is 13.8. The predicted molar refractivity (Wildman–Crippen MR) is 181 cm³/mol. The SMILES string of the molecule is CN(c1ccncc1)c1ccc(CN(C(=O)/C=C/c2ccc(C(F)(F)F)cc2)C2CCN(C(c3ccccc3)c3cn[nH]c3)CC2)cc1. The number of amides is 1. The number of hydrogen-bond donors (Lipinski definition) is 1. The van der Waals surface area contributed by atoms with Crippen LogP contribution in [0.15, 0.2) is 122 Å². The van der Waals surface area contributed by atoms with Crippen LogP contribution in [0.5, 0.6) is 0 Å². The number of carbonyl (C=O) groups is 1. The first-order valence-corrected chi connectivity index (χ1v) is 15.9. The number of alkyl halides is 3. The molecule has 2 aromatic heterocycles. The minimum absolute atomic E-state index is 0.0223. The molecule has 0 bridgehead atoms. The summed E-state index contributed by atoms with van der Waals surface area (Å²) in [6.07, 6.45) is 7.48. The summed E-state index contributed by atoms with van der Waals surface area (Å²) in [5, 5.41) is 7.15. The monoisotopic (exact) mass is 650 g/mol. The molecule has 1 N–H and O–H groups in total. The second-order valence-electron chi connectivity index (χ2n) is 12.0. The third-order valence-electron chi connectivity index (χ3n) is 8.92. The van der Waals surface area contributed by atoms with Crippen LogP contribution >= 0.6 is 0 Å². The number of aromatic nitrogens is 3. The van der Waals surface area contributed by atoms with Crippen LogP contribution in [0.25, 0.3) is 6.08 Å². The van der Waals surface area contributed by atoms with E-state index in [2.05, 4.69) is 37.1 Å². The van der Waals surface area contributed by atoms with Crippen molar-refractivity contribution in [2.45, 2.75) is 37.6 Å². The lowest BCUT2D eigenvalue weighted by atomic mass is 9.95. The molecule has 3 heterocycles. The molecule has 0 radical (unpaired) electrons. The van der Waals surface area contributed by atoms with Crippen LogP contribution in [-0.4, -0.2) is 57.1 Å². The summed E-state index contributed by atoms with van der Waals surface area (Å²) in [6.45, 7) is 1.96. The number of carbonyl (C=O) groups excluding carboxylic acids is 1. The zero-order valence-electron chi connectivity index (χ0n) is 26.6. The number of halogens is 3. The molecule has 1 fully saturated rings. The van der Waals surface area contributed by atoms with E-state index in [1.807, 2.05) is 78.9 Å². The van der Waals surface area contributed by atoms with Gasteiger partial charge in [-0.05, 0) is 72.0 Å². The van der Waals surface area contributed by atoms with E-state index < -0.39 is 11.7 Å². The number of benzene rings is 3. The van der Waals surface area contributed by atoms with Crippen LogP contribution in [0.3, 0.4) is 0 Å². The van der Waals surface area contributed by atoms with Gasteiger partial charge in [0.25, 0.3) is 0 Å². The van der Waals surface area contributed by atoms with Crippen molar-refractivity contribution in [1.82, 2.24) is 25.0 Å². The number of rotatable bonds is 10. The minimum atomic E-state index is -4.41. The highest BCUT2D eigenvalue weighted by Gasteiger charge is 2.32. The number of nitrogens with zero attached hydrogens (tertiary/aromatic N) is 5. The van der Waals surface area contributed by atoms with Gasteiger partial charge in [-0.25, -0.2) is 0 Å². The highest BCUT2D eigenvalue weighted by atomic mass is 19.4. The van der Waals surface area contributed by atoms with Gasteiger partial charge >= 0.3 is 6.18 Å². The van der Waals surface area contributed by atoms with E-state index in [4.69, 9.17) is 0 Å². The Labute approximate surface area is 278 Å². The largest absolute Gasteiger partial charge is 0.416 e. The molecular formula is C38H37F3N6O. The predicted octanol–water partition coefficient (Wildman–Crippen LogP) is 7.89. The van der Waals surface area contributed by atoms with E-state index in [0.29, 0.717) is 12.1 Å². The Morgan fingerprint density at radius 2 is 1.58 bits per heavy atom. The van der Waals surface area contributed by atoms with Crippen LogP contribution in [0.2, 0.25) is 0 Å². The molecule has 1 saturated heterocycles. The average Bonchev–Trinajstić information content (AvgIpc) is 3.65. The molecule has 1 atom stereocenters. The van der Waals surface area contributed by atoms with Crippen LogP contribution < -0.4 is 4.90 Å². The molecular weight excluding hydrogens is 613 g/mol. The van der Waals surface area contributed by atoms with Gasteiger partial charge in [0.15, 0.2) is 0 Å². The highest BCUT2D eigenvalue weighted by Crippen LogP contribution is 2.33. The summed E-state index contributed by atoms with van der Waals surface area (Å²) in [7, 11) is 1.99. The molecule has 7 nitrogen and oxygen atoms in total. The molecule has 1 aliphatic rings. The number of hydrogen-bond acceptors (Lipinski definition) is 5. The summed E-state index contributed by atoms with van der Waals surface area (Å²) in [6, 6.07) is 27.2. The summed E-state index contributed by atoms with van der Waals surface area (Å²) in [4.78, 5) is 24.3. The fourth-order valence-electron chi connectivity index (χ4n) is 6.29. The van der Waals surface area contributed by atoms with Gasteiger partial charge in [-0.3, -0.25) is 19.8 Å². The fourth-order valence-corrected chi connectivity index (χ4v) is 6.29. The molecule has 5 aromatic rings. The quantitative estimate of drug-likeness (QED) is 0.156. The van der Waals surface area contributed by atoms with Crippen LogP contribution in [0, 0.1) is 0 Å². The van der Waals surface area contributed by atoms with E-state index in [1.54, 1.807) is 18.5 Å².